The fourth-order valence-corrected chi connectivity index (χ4v) is 3.65. The summed E-state index contributed by atoms with van der Waals surface area (Å²) in [5.74, 6) is 1.19. The standard InChI is InChI=1S/C14H22O4/c1-17-13(15)11-5-3-10-8-12(14(16)18-2)6-4-9(10)7-11/h9-12H,3-8H2,1-2H3/t9-,10?,11?,12-/m1/s1. The highest BCUT2D eigenvalue weighted by molar-refractivity contribution is 5.73. The Kier molecular flexibility index (Phi) is 4.25. The predicted octanol–water partition coefficient (Wildman–Crippen LogP) is 2.17. The Labute approximate surface area is 108 Å². The molecule has 0 bridgehead atoms. The van der Waals surface area contributed by atoms with E-state index in [9.17, 15) is 9.59 Å². The molecule has 0 heterocycles. The molecular formula is C14H22O4. The average molecular weight is 254 g/mol. The number of methoxy groups -OCH3 is 2. The molecule has 0 aromatic heterocycles. The number of hydrogen-bond acceptors (Lipinski definition) is 4. The van der Waals surface area contributed by atoms with Gasteiger partial charge < -0.3 is 9.47 Å². The average Bonchev–Trinajstić information content (AvgIpc) is 2.44. The SMILES string of the molecule is COC(=O)C1CCC2C[C@H](C(=O)OC)CC[C@@H]2C1. The van der Waals surface area contributed by atoms with Crippen LogP contribution in [0.3, 0.4) is 0 Å². The third-order valence-electron chi connectivity index (χ3n) is 4.68. The van der Waals surface area contributed by atoms with E-state index in [-0.39, 0.29) is 23.8 Å². The first-order valence-corrected chi connectivity index (χ1v) is 6.81. The summed E-state index contributed by atoms with van der Waals surface area (Å²) < 4.78 is 9.67. The number of carbonyl (C=O) groups excluding carboxylic acids is 2. The molecule has 2 unspecified atom stereocenters. The monoisotopic (exact) mass is 254 g/mol. The van der Waals surface area contributed by atoms with Crippen LogP contribution < -0.4 is 0 Å². The zero-order chi connectivity index (χ0) is 13.1. The zero-order valence-electron chi connectivity index (χ0n) is 11.2. The van der Waals surface area contributed by atoms with E-state index in [4.69, 9.17) is 9.47 Å². The van der Waals surface area contributed by atoms with Crippen LogP contribution in [0.1, 0.15) is 38.5 Å². The highest BCUT2D eigenvalue weighted by Gasteiger charge is 2.40. The van der Waals surface area contributed by atoms with Crippen molar-refractivity contribution < 1.29 is 19.1 Å². The van der Waals surface area contributed by atoms with Crippen molar-refractivity contribution in [1.82, 2.24) is 0 Å². The largest absolute Gasteiger partial charge is 0.469 e. The molecule has 2 saturated carbocycles. The lowest BCUT2D eigenvalue weighted by Crippen LogP contribution is -2.36. The summed E-state index contributed by atoms with van der Waals surface area (Å²) in [7, 11) is 2.92. The van der Waals surface area contributed by atoms with Crippen LogP contribution in [0.5, 0.6) is 0 Å². The first-order chi connectivity index (χ1) is 8.65. The molecule has 18 heavy (non-hydrogen) atoms. The molecule has 0 spiro atoms. The molecule has 0 N–H and O–H groups in total. The third-order valence-corrected chi connectivity index (χ3v) is 4.68. The van der Waals surface area contributed by atoms with Gasteiger partial charge in [0.25, 0.3) is 0 Å². The normalized spacial score (nSPS) is 35.4. The van der Waals surface area contributed by atoms with E-state index in [2.05, 4.69) is 0 Å². The van der Waals surface area contributed by atoms with Gasteiger partial charge in [-0.1, -0.05) is 0 Å². The van der Waals surface area contributed by atoms with Crippen LogP contribution in [-0.4, -0.2) is 26.2 Å². The molecule has 2 fully saturated rings. The zero-order valence-corrected chi connectivity index (χ0v) is 11.2. The quantitative estimate of drug-likeness (QED) is 0.709. The van der Waals surface area contributed by atoms with Crippen LogP contribution in [0, 0.1) is 23.7 Å². The fraction of sp³-hybridized carbons (Fsp3) is 0.857. The van der Waals surface area contributed by atoms with E-state index in [0.717, 1.165) is 38.5 Å². The van der Waals surface area contributed by atoms with Crippen molar-refractivity contribution in [3.8, 4) is 0 Å². The number of carbonyl (C=O) groups is 2. The summed E-state index contributed by atoms with van der Waals surface area (Å²) in [4.78, 5) is 23.1. The highest BCUT2D eigenvalue weighted by Crippen LogP contribution is 2.45. The number of esters is 2. The summed E-state index contributed by atoms with van der Waals surface area (Å²) in [6, 6.07) is 0. The molecule has 0 aromatic carbocycles. The molecule has 4 atom stereocenters. The van der Waals surface area contributed by atoms with Gasteiger partial charge >= 0.3 is 11.9 Å². The topological polar surface area (TPSA) is 52.6 Å². The number of hydrogen-bond donors (Lipinski definition) is 0. The maximum atomic E-state index is 11.6. The molecule has 2 aliphatic rings. The third kappa shape index (κ3) is 2.68. The first kappa shape index (κ1) is 13.4. The van der Waals surface area contributed by atoms with E-state index < -0.39 is 0 Å². The van der Waals surface area contributed by atoms with Crippen LogP contribution in [0.25, 0.3) is 0 Å². The van der Waals surface area contributed by atoms with Gasteiger partial charge in [-0.3, -0.25) is 9.59 Å². The minimum Gasteiger partial charge on any atom is -0.469 e. The summed E-state index contributed by atoms with van der Waals surface area (Å²) in [6.45, 7) is 0. The Morgan fingerprint density at radius 2 is 1.17 bits per heavy atom. The molecule has 0 amide bonds. The minimum atomic E-state index is -0.0662. The van der Waals surface area contributed by atoms with E-state index in [1.165, 1.54) is 14.2 Å². The maximum absolute atomic E-state index is 11.6. The second-order valence-electron chi connectivity index (χ2n) is 5.59. The Balaban J connectivity index is 1.91. The molecule has 0 radical (unpaired) electrons. The summed E-state index contributed by atoms with van der Waals surface area (Å²) in [5.41, 5.74) is 0. The smallest absolute Gasteiger partial charge is 0.308 e. The van der Waals surface area contributed by atoms with Crippen molar-refractivity contribution in [1.29, 1.82) is 0 Å². The maximum Gasteiger partial charge on any atom is 0.308 e. The Bertz CT molecular complexity index is 294. The highest BCUT2D eigenvalue weighted by atomic mass is 16.5. The molecule has 2 rings (SSSR count). The van der Waals surface area contributed by atoms with Crippen molar-refractivity contribution in [2.24, 2.45) is 23.7 Å². The molecule has 2 aliphatic carbocycles. The molecule has 0 saturated heterocycles. The van der Waals surface area contributed by atoms with Gasteiger partial charge in [-0.15, -0.1) is 0 Å². The number of fused-ring (bicyclic) bond motifs is 1. The van der Waals surface area contributed by atoms with Gasteiger partial charge in [-0.25, -0.2) is 0 Å². The van der Waals surface area contributed by atoms with Crippen molar-refractivity contribution >= 4 is 11.9 Å². The van der Waals surface area contributed by atoms with Crippen LogP contribution in [-0.2, 0) is 19.1 Å². The molecule has 4 nitrogen and oxygen atoms in total. The Morgan fingerprint density at radius 3 is 1.50 bits per heavy atom. The molecular weight excluding hydrogens is 232 g/mol. The van der Waals surface area contributed by atoms with E-state index >= 15 is 0 Å². The molecule has 0 aliphatic heterocycles. The lowest BCUT2D eigenvalue weighted by Gasteiger charge is -2.40. The Morgan fingerprint density at radius 1 is 0.778 bits per heavy atom. The second-order valence-corrected chi connectivity index (χ2v) is 5.59. The lowest BCUT2D eigenvalue weighted by molar-refractivity contribution is -0.151. The van der Waals surface area contributed by atoms with Crippen LogP contribution >= 0.6 is 0 Å². The van der Waals surface area contributed by atoms with Gasteiger partial charge in [0.2, 0.25) is 0 Å². The second kappa shape index (κ2) is 5.72. The van der Waals surface area contributed by atoms with Crippen LogP contribution in [0.4, 0.5) is 0 Å². The molecule has 4 heteroatoms. The summed E-state index contributed by atoms with van der Waals surface area (Å²) in [6.07, 6.45) is 5.76. The summed E-state index contributed by atoms with van der Waals surface area (Å²) in [5, 5.41) is 0. The fourth-order valence-electron chi connectivity index (χ4n) is 3.65. The van der Waals surface area contributed by atoms with Crippen molar-refractivity contribution in [3.63, 3.8) is 0 Å². The molecule has 102 valence electrons. The van der Waals surface area contributed by atoms with E-state index in [1.54, 1.807) is 0 Å². The van der Waals surface area contributed by atoms with Crippen molar-refractivity contribution in [2.45, 2.75) is 38.5 Å². The first-order valence-electron chi connectivity index (χ1n) is 6.81. The van der Waals surface area contributed by atoms with Crippen LogP contribution in [0.2, 0.25) is 0 Å². The lowest BCUT2D eigenvalue weighted by atomic mass is 9.65. The predicted molar refractivity (Wildman–Crippen MR) is 65.7 cm³/mol. The van der Waals surface area contributed by atoms with Gasteiger partial charge in [0, 0.05) is 0 Å². The van der Waals surface area contributed by atoms with Crippen LogP contribution in [0.15, 0.2) is 0 Å². The molecule has 0 aromatic rings. The number of ether oxygens (including phenoxy) is 2. The Hall–Kier alpha value is -1.06. The van der Waals surface area contributed by atoms with Gasteiger partial charge in [-0.05, 0) is 50.4 Å². The minimum absolute atomic E-state index is 0.0662. The van der Waals surface area contributed by atoms with Gasteiger partial charge in [0.1, 0.15) is 0 Å². The van der Waals surface area contributed by atoms with Crippen molar-refractivity contribution in [2.75, 3.05) is 14.2 Å². The van der Waals surface area contributed by atoms with Crippen molar-refractivity contribution in [3.05, 3.63) is 0 Å². The number of rotatable bonds is 2. The van der Waals surface area contributed by atoms with Gasteiger partial charge in [0.15, 0.2) is 0 Å². The van der Waals surface area contributed by atoms with E-state index in [0.29, 0.717) is 11.8 Å². The van der Waals surface area contributed by atoms with Gasteiger partial charge in [-0.2, -0.15) is 0 Å². The van der Waals surface area contributed by atoms with E-state index in [1.807, 2.05) is 0 Å². The summed E-state index contributed by atoms with van der Waals surface area (Å²) >= 11 is 0. The van der Waals surface area contributed by atoms with Gasteiger partial charge in [0.05, 0.1) is 26.1 Å².